The maximum Gasteiger partial charge on any atom is 0.134 e. The second kappa shape index (κ2) is 7.14. The third kappa shape index (κ3) is 3.99. The molecule has 0 N–H and O–H groups in total. The van der Waals surface area contributed by atoms with Gasteiger partial charge in [0.1, 0.15) is 18.0 Å². The van der Waals surface area contributed by atoms with Gasteiger partial charge in [0.15, 0.2) is 0 Å². The molecule has 0 heterocycles. The Bertz CT molecular complexity index is 430. The van der Waals surface area contributed by atoms with Crippen LogP contribution in [0.5, 0.6) is 5.75 Å². The standard InChI is InChI=1S/C13H15BrCl2O3/c1-17-4-5-18-13-10(16)7-12(13)19-11-3-2-8(15)6-9(11)14/h2-3,6,10,12-13H,4-5,7H2,1H3. The summed E-state index contributed by atoms with van der Waals surface area (Å²) >= 11 is 15.5. The van der Waals surface area contributed by atoms with E-state index in [1.807, 2.05) is 6.07 Å². The number of alkyl halides is 1. The van der Waals surface area contributed by atoms with Crippen LogP contribution in [0.1, 0.15) is 6.42 Å². The first-order valence-corrected chi connectivity index (χ1v) is 7.59. The Kier molecular flexibility index (Phi) is 5.78. The molecule has 6 heteroatoms. The minimum Gasteiger partial charge on any atom is -0.486 e. The fourth-order valence-electron chi connectivity index (χ4n) is 1.86. The SMILES string of the molecule is COCCOC1C(Cl)CC1Oc1ccc(Cl)cc1Br. The van der Waals surface area contributed by atoms with Crippen LogP contribution >= 0.6 is 39.1 Å². The summed E-state index contributed by atoms with van der Waals surface area (Å²) in [4.78, 5) is 0. The molecule has 1 aromatic carbocycles. The lowest BCUT2D eigenvalue weighted by atomic mass is 9.91. The van der Waals surface area contributed by atoms with Crippen LogP contribution in [0.3, 0.4) is 0 Å². The quantitative estimate of drug-likeness (QED) is 0.562. The first-order valence-electron chi connectivity index (χ1n) is 5.98. The van der Waals surface area contributed by atoms with Gasteiger partial charge in [-0.05, 0) is 34.1 Å². The third-order valence-corrected chi connectivity index (χ3v) is 4.23. The van der Waals surface area contributed by atoms with Crippen molar-refractivity contribution in [2.24, 2.45) is 0 Å². The highest BCUT2D eigenvalue weighted by atomic mass is 79.9. The number of halogens is 3. The lowest BCUT2D eigenvalue weighted by Gasteiger charge is -2.40. The van der Waals surface area contributed by atoms with Crippen LogP contribution in [0.25, 0.3) is 0 Å². The molecule has 0 spiro atoms. The van der Waals surface area contributed by atoms with Gasteiger partial charge in [0, 0.05) is 18.6 Å². The van der Waals surface area contributed by atoms with Crippen LogP contribution in [0, 0.1) is 0 Å². The van der Waals surface area contributed by atoms with Gasteiger partial charge < -0.3 is 14.2 Å². The predicted octanol–water partition coefficient (Wildman–Crippen LogP) is 3.89. The van der Waals surface area contributed by atoms with Crippen LogP contribution in [0.15, 0.2) is 22.7 Å². The zero-order chi connectivity index (χ0) is 13.8. The van der Waals surface area contributed by atoms with Crippen molar-refractivity contribution in [3.8, 4) is 5.75 Å². The molecule has 1 aliphatic rings. The van der Waals surface area contributed by atoms with Crippen molar-refractivity contribution in [3.63, 3.8) is 0 Å². The first-order chi connectivity index (χ1) is 9.11. The fourth-order valence-corrected chi connectivity index (χ4v) is 3.04. The molecule has 1 saturated carbocycles. The van der Waals surface area contributed by atoms with Crippen molar-refractivity contribution in [1.29, 1.82) is 0 Å². The number of ether oxygens (including phenoxy) is 3. The molecule has 0 radical (unpaired) electrons. The second-order valence-electron chi connectivity index (χ2n) is 4.31. The normalized spacial score (nSPS) is 26.0. The van der Waals surface area contributed by atoms with Gasteiger partial charge in [0.2, 0.25) is 0 Å². The summed E-state index contributed by atoms with van der Waals surface area (Å²) in [6.07, 6.45) is 0.644. The average molecular weight is 370 g/mol. The highest BCUT2D eigenvalue weighted by Crippen LogP contribution is 2.36. The van der Waals surface area contributed by atoms with E-state index in [1.165, 1.54) is 0 Å². The lowest BCUT2D eigenvalue weighted by molar-refractivity contribution is -0.0900. The van der Waals surface area contributed by atoms with Gasteiger partial charge in [-0.3, -0.25) is 0 Å². The molecule has 1 aromatic rings. The van der Waals surface area contributed by atoms with Gasteiger partial charge in [0.25, 0.3) is 0 Å². The van der Waals surface area contributed by atoms with E-state index in [-0.39, 0.29) is 17.6 Å². The van der Waals surface area contributed by atoms with Crippen molar-refractivity contribution in [2.75, 3.05) is 20.3 Å². The molecule has 0 aliphatic heterocycles. The maximum atomic E-state index is 6.14. The second-order valence-corrected chi connectivity index (χ2v) is 6.16. The Morgan fingerprint density at radius 1 is 1.37 bits per heavy atom. The molecule has 0 amide bonds. The Morgan fingerprint density at radius 3 is 2.79 bits per heavy atom. The fraction of sp³-hybridized carbons (Fsp3) is 0.538. The number of benzene rings is 1. The Morgan fingerprint density at radius 2 is 2.16 bits per heavy atom. The summed E-state index contributed by atoms with van der Waals surface area (Å²) in [7, 11) is 1.64. The van der Waals surface area contributed by atoms with Crippen molar-refractivity contribution in [3.05, 3.63) is 27.7 Å². The van der Waals surface area contributed by atoms with E-state index in [4.69, 9.17) is 37.4 Å². The first kappa shape index (κ1) is 15.4. The zero-order valence-electron chi connectivity index (χ0n) is 10.4. The summed E-state index contributed by atoms with van der Waals surface area (Å²) < 4.78 is 17.3. The van der Waals surface area contributed by atoms with E-state index in [2.05, 4.69) is 15.9 Å². The molecule has 106 valence electrons. The van der Waals surface area contributed by atoms with Crippen LogP contribution in [0.2, 0.25) is 5.02 Å². The number of hydrogen-bond acceptors (Lipinski definition) is 3. The Balaban J connectivity index is 1.91. The topological polar surface area (TPSA) is 27.7 Å². The maximum absolute atomic E-state index is 6.14. The monoisotopic (exact) mass is 368 g/mol. The van der Waals surface area contributed by atoms with Crippen molar-refractivity contribution in [1.82, 2.24) is 0 Å². The smallest absolute Gasteiger partial charge is 0.134 e. The summed E-state index contributed by atoms with van der Waals surface area (Å²) in [6, 6.07) is 5.42. The molecule has 1 aliphatic carbocycles. The van der Waals surface area contributed by atoms with Crippen LogP contribution < -0.4 is 4.74 Å². The van der Waals surface area contributed by atoms with E-state index < -0.39 is 0 Å². The summed E-state index contributed by atoms with van der Waals surface area (Å²) in [6.45, 7) is 1.07. The molecule has 3 nitrogen and oxygen atoms in total. The average Bonchev–Trinajstić information content (AvgIpc) is 2.37. The summed E-state index contributed by atoms with van der Waals surface area (Å²) in [5, 5.41) is 0.656. The highest BCUT2D eigenvalue weighted by Gasteiger charge is 2.43. The number of methoxy groups -OCH3 is 1. The largest absolute Gasteiger partial charge is 0.486 e. The summed E-state index contributed by atoms with van der Waals surface area (Å²) in [5.74, 6) is 0.748. The van der Waals surface area contributed by atoms with Gasteiger partial charge in [-0.25, -0.2) is 0 Å². The Hall–Kier alpha value is -0.0000000000000000555. The molecule has 0 bridgehead atoms. The van der Waals surface area contributed by atoms with Crippen LogP contribution in [-0.4, -0.2) is 37.9 Å². The minimum atomic E-state index is -0.0978. The summed E-state index contributed by atoms with van der Waals surface area (Å²) in [5.41, 5.74) is 0. The molecule has 2 rings (SSSR count). The van der Waals surface area contributed by atoms with E-state index in [0.717, 1.165) is 16.6 Å². The molecule has 0 aromatic heterocycles. The van der Waals surface area contributed by atoms with Gasteiger partial charge in [-0.15, -0.1) is 11.6 Å². The molecule has 3 unspecified atom stereocenters. The Labute approximate surface area is 131 Å². The number of rotatable bonds is 6. The molecule has 3 atom stereocenters. The van der Waals surface area contributed by atoms with E-state index in [1.54, 1.807) is 19.2 Å². The molecule has 1 fully saturated rings. The minimum absolute atomic E-state index is 0.00654. The molecular weight excluding hydrogens is 355 g/mol. The van der Waals surface area contributed by atoms with E-state index in [0.29, 0.717) is 18.2 Å². The van der Waals surface area contributed by atoms with E-state index >= 15 is 0 Å². The van der Waals surface area contributed by atoms with Gasteiger partial charge >= 0.3 is 0 Å². The molecule has 19 heavy (non-hydrogen) atoms. The zero-order valence-corrected chi connectivity index (χ0v) is 13.5. The van der Waals surface area contributed by atoms with Gasteiger partial charge in [-0.1, -0.05) is 11.6 Å². The molecule has 0 saturated heterocycles. The number of hydrogen-bond donors (Lipinski definition) is 0. The van der Waals surface area contributed by atoms with Gasteiger partial charge in [0.05, 0.1) is 23.1 Å². The van der Waals surface area contributed by atoms with Gasteiger partial charge in [-0.2, -0.15) is 0 Å². The highest BCUT2D eigenvalue weighted by molar-refractivity contribution is 9.10. The van der Waals surface area contributed by atoms with Crippen LogP contribution in [-0.2, 0) is 9.47 Å². The third-order valence-electron chi connectivity index (χ3n) is 2.95. The predicted molar refractivity (Wildman–Crippen MR) is 79.4 cm³/mol. The lowest BCUT2D eigenvalue weighted by Crippen LogP contribution is -2.53. The van der Waals surface area contributed by atoms with Crippen molar-refractivity contribution in [2.45, 2.75) is 24.0 Å². The van der Waals surface area contributed by atoms with Crippen molar-refractivity contribution < 1.29 is 14.2 Å². The van der Waals surface area contributed by atoms with Crippen molar-refractivity contribution >= 4 is 39.1 Å². The molecular formula is C13H15BrCl2O3. The van der Waals surface area contributed by atoms with E-state index in [9.17, 15) is 0 Å². The van der Waals surface area contributed by atoms with Crippen LogP contribution in [0.4, 0.5) is 0 Å².